The van der Waals surface area contributed by atoms with Crippen LogP contribution in [0.3, 0.4) is 0 Å². The number of aromatic nitrogens is 2. The SMILES string of the molecule is C[C@H](Oc1ccccc1Br)C(=O)NCc1ccn[nH]1. The summed E-state index contributed by atoms with van der Waals surface area (Å²) in [7, 11) is 0. The van der Waals surface area contributed by atoms with Gasteiger partial charge >= 0.3 is 0 Å². The number of hydrogen-bond acceptors (Lipinski definition) is 3. The van der Waals surface area contributed by atoms with E-state index >= 15 is 0 Å². The van der Waals surface area contributed by atoms with Gasteiger partial charge in [-0.1, -0.05) is 12.1 Å². The summed E-state index contributed by atoms with van der Waals surface area (Å²) in [6, 6.07) is 9.22. The van der Waals surface area contributed by atoms with Gasteiger partial charge in [0.15, 0.2) is 6.10 Å². The zero-order valence-electron chi connectivity index (χ0n) is 10.4. The molecule has 1 heterocycles. The number of ether oxygens (including phenoxy) is 1. The summed E-state index contributed by atoms with van der Waals surface area (Å²) in [6.45, 7) is 2.12. The van der Waals surface area contributed by atoms with E-state index in [2.05, 4.69) is 31.4 Å². The first-order valence-corrected chi connectivity index (χ1v) is 6.63. The van der Waals surface area contributed by atoms with Crippen molar-refractivity contribution in [2.45, 2.75) is 19.6 Å². The van der Waals surface area contributed by atoms with E-state index < -0.39 is 6.10 Å². The Kier molecular flexibility index (Phi) is 4.57. The van der Waals surface area contributed by atoms with Crippen LogP contribution >= 0.6 is 15.9 Å². The number of nitrogens with zero attached hydrogens (tertiary/aromatic N) is 1. The Morgan fingerprint density at radius 1 is 1.47 bits per heavy atom. The Morgan fingerprint density at radius 3 is 2.95 bits per heavy atom. The molecular weight excluding hydrogens is 310 g/mol. The summed E-state index contributed by atoms with van der Waals surface area (Å²) in [5.74, 6) is 0.469. The second-order valence-corrected chi connectivity index (χ2v) is 4.84. The Hall–Kier alpha value is -1.82. The third-order valence-electron chi connectivity index (χ3n) is 2.52. The molecule has 0 fully saturated rings. The quantitative estimate of drug-likeness (QED) is 0.886. The van der Waals surface area contributed by atoms with Gasteiger partial charge in [-0.3, -0.25) is 9.89 Å². The molecule has 0 aliphatic heterocycles. The van der Waals surface area contributed by atoms with E-state index in [-0.39, 0.29) is 5.91 Å². The number of nitrogens with one attached hydrogen (secondary N) is 2. The number of aromatic amines is 1. The van der Waals surface area contributed by atoms with Gasteiger partial charge in [-0.2, -0.15) is 5.10 Å². The number of H-pyrrole nitrogens is 1. The highest BCUT2D eigenvalue weighted by Crippen LogP contribution is 2.24. The average molecular weight is 324 g/mol. The molecule has 0 unspecified atom stereocenters. The van der Waals surface area contributed by atoms with Crippen LogP contribution in [0.2, 0.25) is 0 Å². The second-order valence-electron chi connectivity index (χ2n) is 3.99. The summed E-state index contributed by atoms with van der Waals surface area (Å²) < 4.78 is 6.41. The van der Waals surface area contributed by atoms with Crippen LogP contribution in [0.5, 0.6) is 5.75 Å². The fraction of sp³-hybridized carbons (Fsp3) is 0.231. The van der Waals surface area contributed by atoms with Gasteiger partial charge in [0, 0.05) is 6.20 Å². The van der Waals surface area contributed by atoms with E-state index in [1.807, 2.05) is 24.3 Å². The topological polar surface area (TPSA) is 67.0 Å². The number of rotatable bonds is 5. The minimum Gasteiger partial charge on any atom is -0.480 e. The highest BCUT2D eigenvalue weighted by Gasteiger charge is 2.15. The Balaban J connectivity index is 1.87. The van der Waals surface area contributed by atoms with Crippen molar-refractivity contribution in [1.82, 2.24) is 15.5 Å². The Morgan fingerprint density at radius 2 is 2.26 bits per heavy atom. The number of amides is 1. The number of carbonyl (C=O) groups is 1. The van der Waals surface area contributed by atoms with E-state index in [4.69, 9.17) is 4.74 Å². The van der Waals surface area contributed by atoms with Gasteiger partial charge in [0.05, 0.1) is 16.7 Å². The van der Waals surface area contributed by atoms with Gasteiger partial charge in [0.25, 0.3) is 5.91 Å². The monoisotopic (exact) mass is 323 g/mol. The van der Waals surface area contributed by atoms with Crippen LogP contribution in [-0.4, -0.2) is 22.2 Å². The van der Waals surface area contributed by atoms with Crippen LogP contribution in [0.1, 0.15) is 12.6 Å². The van der Waals surface area contributed by atoms with Gasteiger partial charge in [0.1, 0.15) is 5.75 Å². The Bertz CT molecular complexity index is 543. The van der Waals surface area contributed by atoms with E-state index in [0.717, 1.165) is 10.2 Å². The summed E-state index contributed by atoms with van der Waals surface area (Å²) in [6.07, 6.45) is 1.07. The highest BCUT2D eigenvalue weighted by molar-refractivity contribution is 9.10. The van der Waals surface area contributed by atoms with Crippen LogP contribution in [-0.2, 0) is 11.3 Å². The molecule has 1 aromatic carbocycles. The molecule has 0 aliphatic rings. The molecule has 2 N–H and O–H groups in total. The van der Waals surface area contributed by atoms with Gasteiger partial charge in [-0.15, -0.1) is 0 Å². The molecule has 1 aromatic heterocycles. The lowest BCUT2D eigenvalue weighted by Gasteiger charge is -2.15. The van der Waals surface area contributed by atoms with Crippen LogP contribution in [0, 0.1) is 0 Å². The third-order valence-corrected chi connectivity index (χ3v) is 3.18. The molecule has 5 nitrogen and oxygen atoms in total. The first kappa shape index (κ1) is 13.6. The lowest BCUT2D eigenvalue weighted by atomic mass is 10.3. The van der Waals surface area contributed by atoms with Gasteiger partial charge in [-0.25, -0.2) is 0 Å². The first-order valence-electron chi connectivity index (χ1n) is 5.84. The number of halogens is 1. The number of para-hydroxylation sites is 1. The lowest BCUT2D eigenvalue weighted by Crippen LogP contribution is -2.36. The average Bonchev–Trinajstić information content (AvgIpc) is 2.91. The van der Waals surface area contributed by atoms with Crippen LogP contribution in [0.15, 0.2) is 41.0 Å². The van der Waals surface area contributed by atoms with Crippen LogP contribution < -0.4 is 10.1 Å². The predicted octanol–water partition coefficient (Wildman–Crippen LogP) is 2.26. The molecule has 0 spiro atoms. The minimum absolute atomic E-state index is 0.176. The predicted molar refractivity (Wildman–Crippen MR) is 74.7 cm³/mol. The van der Waals surface area contributed by atoms with Gasteiger partial charge in [0.2, 0.25) is 0 Å². The van der Waals surface area contributed by atoms with Crippen molar-refractivity contribution in [2.24, 2.45) is 0 Å². The largest absolute Gasteiger partial charge is 0.480 e. The number of hydrogen-bond donors (Lipinski definition) is 2. The molecule has 1 atom stereocenters. The maximum atomic E-state index is 11.9. The second kappa shape index (κ2) is 6.38. The Labute approximate surface area is 119 Å². The van der Waals surface area contributed by atoms with Crippen molar-refractivity contribution in [3.63, 3.8) is 0 Å². The summed E-state index contributed by atoms with van der Waals surface area (Å²) in [4.78, 5) is 11.9. The van der Waals surface area contributed by atoms with Crippen molar-refractivity contribution in [3.05, 3.63) is 46.7 Å². The molecule has 0 radical (unpaired) electrons. The molecule has 100 valence electrons. The van der Waals surface area contributed by atoms with Gasteiger partial charge < -0.3 is 10.1 Å². The van der Waals surface area contributed by atoms with Gasteiger partial charge in [-0.05, 0) is 41.1 Å². The molecule has 6 heteroatoms. The van der Waals surface area contributed by atoms with E-state index in [1.54, 1.807) is 19.2 Å². The lowest BCUT2D eigenvalue weighted by molar-refractivity contribution is -0.127. The molecule has 0 saturated carbocycles. The molecule has 0 aliphatic carbocycles. The number of benzene rings is 1. The van der Waals surface area contributed by atoms with Crippen LogP contribution in [0.25, 0.3) is 0 Å². The smallest absolute Gasteiger partial charge is 0.261 e. The summed E-state index contributed by atoms with van der Waals surface area (Å²) >= 11 is 3.37. The molecular formula is C13H14BrN3O2. The zero-order valence-corrected chi connectivity index (χ0v) is 12.0. The molecule has 1 amide bonds. The van der Waals surface area contributed by atoms with Crippen molar-refractivity contribution in [1.29, 1.82) is 0 Å². The van der Waals surface area contributed by atoms with Crippen molar-refractivity contribution in [2.75, 3.05) is 0 Å². The van der Waals surface area contributed by atoms with Crippen molar-refractivity contribution >= 4 is 21.8 Å². The fourth-order valence-corrected chi connectivity index (χ4v) is 1.87. The number of carbonyl (C=O) groups excluding carboxylic acids is 1. The summed E-state index contributed by atoms with van der Waals surface area (Å²) in [5, 5.41) is 9.36. The minimum atomic E-state index is -0.568. The van der Waals surface area contributed by atoms with Crippen molar-refractivity contribution < 1.29 is 9.53 Å². The zero-order chi connectivity index (χ0) is 13.7. The molecule has 0 bridgehead atoms. The highest BCUT2D eigenvalue weighted by atomic mass is 79.9. The first-order chi connectivity index (χ1) is 9.16. The third kappa shape index (κ3) is 3.82. The maximum Gasteiger partial charge on any atom is 0.261 e. The molecule has 2 rings (SSSR count). The normalized spacial score (nSPS) is 11.9. The fourth-order valence-electron chi connectivity index (χ4n) is 1.49. The van der Waals surface area contributed by atoms with E-state index in [9.17, 15) is 4.79 Å². The van der Waals surface area contributed by atoms with Crippen LogP contribution in [0.4, 0.5) is 0 Å². The maximum absolute atomic E-state index is 11.9. The summed E-state index contributed by atoms with van der Waals surface area (Å²) in [5.41, 5.74) is 0.849. The van der Waals surface area contributed by atoms with E-state index in [0.29, 0.717) is 12.3 Å². The molecule has 2 aromatic rings. The molecule has 0 saturated heterocycles. The molecule has 19 heavy (non-hydrogen) atoms. The standard InChI is InChI=1S/C13H14BrN3O2/c1-9(19-12-5-3-2-4-11(12)14)13(18)15-8-10-6-7-16-17-10/h2-7,9H,8H2,1H3,(H,15,18)(H,16,17)/t9-/m0/s1. The van der Waals surface area contributed by atoms with E-state index in [1.165, 1.54) is 0 Å². The van der Waals surface area contributed by atoms with Crippen molar-refractivity contribution in [3.8, 4) is 5.75 Å².